The van der Waals surface area contributed by atoms with Crippen molar-refractivity contribution in [3.05, 3.63) is 17.0 Å². The normalized spacial score (nSPS) is 14.0. The summed E-state index contributed by atoms with van der Waals surface area (Å²) in [7, 11) is 0. The number of carboxylic acid groups (broad SMARTS) is 1. The van der Waals surface area contributed by atoms with Gasteiger partial charge in [-0.05, 0) is 32.6 Å². The van der Waals surface area contributed by atoms with Crippen molar-refractivity contribution >= 4 is 11.9 Å². The Bertz CT molecular complexity index is 605. The molecule has 1 atom stereocenters. The molecule has 2 N–H and O–H groups in total. The molecule has 6 heteroatoms. The molecule has 0 aliphatic rings. The Morgan fingerprint density at radius 1 is 1.25 bits per heavy atom. The fourth-order valence-electron chi connectivity index (χ4n) is 2.74. The molecule has 1 aromatic rings. The Morgan fingerprint density at radius 3 is 2.29 bits per heavy atom. The monoisotopic (exact) mass is 337 g/mol. The van der Waals surface area contributed by atoms with Gasteiger partial charge in [0.25, 0.3) is 0 Å². The molecule has 0 spiro atoms. The fourth-order valence-corrected chi connectivity index (χ4v) is 2.74. The SMILES string of the molecule is Cc1nn(CC(C)C)c(C)c1CC(=O)NC(C)(CC(=O)O)C(C)C. The zero-order valence-electron chi connectivity index (χ0n) is 15.9. The quantitative estimate of drug-likeness (QED) is 0.764. The second kappa shape index (κ2) is 7.81. The van der Waals surface area contributed by atoms with E-state index in [1.54, 1.807) is 6.92 Å². The van der Waals surface area contributed by atoms with Gasteiger partial charge < -0.3 is 10.4 Å². The van der Waals surface area contributed by atoms with Gasteiger partial charge in [-0.2, -0.15) is 5.10 Å². The molecular formula is C18H31N3O3. The molecule has 1 amide bonds. The van der Waals surface area contributed by atoms with E-state index in [1.807, 2.05) is 32.4 Å². The molecule has 1 aromatic heterocycles. The number of carbonyl (C=O) groups excluding carboxylic acids is 1. The molecule has 0 saturated heterocycles. The maximum Gasteiger partial charge on any atom is 0.305 e. The standard InChI is InChI=1S/C18H31N3O3/c1-11(2)10-21-14(6)15(13(5)20-21)8-16(22)19-18(7,12(3)4)9-17(23)24/h11-12H,8-10H2,1-7H3,(H,19,22)(H,23,24). The highest BCUT2D eigenvalue weighted by molar-refractivity contribution is 5.81. The lowest BCUT2D eigenvalue weighted by molar-refractivity contribution is -0.139. The zero-order valence-corrected chi connectivity index (χ0v) is 15.9. The summed E-state index contributed by atoms with van der Waals surface area (Å²) in [5.41, 5.74) is 2.02. The first kappa shape index (κ1) is 20.2. The summed E-state index contributed by atoms with van der Waals surface area (Å²) < 4.78 is 1.95. The minimum Gasteiger partial charge on any atom is -0.481 e. The number of aryl methyl sites for hydroxylation is 1. The lowest BCUT2D eigenvalue weighted by Crippen LogP contribution is -2.51. The molecule has 0 aromatic carbocycles. The maximum atomic E-state index is 12.5. The maximum absolute atomic E-state index is 12.5. The number of hydrogen-bond donors (Lipinski definition) is 2. The number of nitrogens with zero attached hydrogens (tertiary/aromatic N) is 2. The van der Waals surface area contributed by atoms with Crippen LogP contribution in [0.3, 0.4) is 0 Å². The summed E-state index contributed by atoms with van der Waals surface area (Å²) in [6, 6.07) is 0. The third kappa shape index (κ3) is 5.08. The van der Waals surface area contributed by atoms with Crippen LogP contribution < -0.4 is 5.32 Å². The van der Waals surface area contributed by atoms with Gasteiger partial charge in [-0.1, -0.05) is 27.7 Å². The second-order valence-corrected chi connectivity index (χ2v) is 7.59. The highest BCUT2D eigenvalue weighted by atomic mass is 16.4. The molecule has 0 aliphatic heterocycles. The Kier molecular flexibility index (Phi) is 6.58. The molecule has 1 rings (SSSR count). The van der Waals surface area contributed by atoms with Crippen LogP contribution in [-0.4, -0.2) is 32.3 Å². The van der Waals surface area contributed by atoms with Gasteiger partial charge in [0.1, 0.15) is 0 Å². The van der Waals surface area contributed by atoms with Crippen LogP contribution in [0.5, 0.6) is 0 Å². The summed E-state index contributed by atoms with van der Waals surface area (Å²) in [5, 5.41) is 16.6. The lowest BCUT2D eigenvalue weighted by Gasteiger charge is -2.33. The molecule has 0 fully saturated rings. The largest absolute Gasteiger partial charge is 0.481 e. The van der Waals surface area contributed by atoms with Crippen molar-refractivity contribution in [2.75, 3.05) is 0 Å². The van der Waals surface area contributed by atoms with E-state index in [4.69, 9.17) is 5.11 Å². The molecular weight excluding hydrogens is 306 g/mol. The van der Waals surface area contributed by atoms with E-state index in [9.17, 15) is 9.59 Å². The number of aromatic nitrogens is 2. The minimum atomic E-state index is -0.913. The van der Waals surface area contributed by atoms with Crippen molar-refractivity contribution in [3.8, 4) is 0 Å². The summed E-state index contributed by atoms with van der Waals surface area (Å²) in [5.74, 6) is -0.584. The molecule has 6 nitrogen and oxygen atoms in total. The molecule has 0 aliphatic carbocycles. The Hall–Kier alpha value is -1.85. The van der Waals surface area contributed by atoms with Crippen LogP contribution >= 0.6 is 0 Å². The first-order valence-electron chi connectivity index (χ1n) is 8.52. The van der Waals surface area contributed by atoms with Crippen LogP contribution in [0.15, 0.2) is 0 Å². The van der Waals surface area contributed by atoms with E-state index < -0.39 is 11.5 Å². The van der Waals surface area contributed by atoms with Gasteiger partial charge in [0, 0.05) is 23.3 Å². The third-order valence-corrected chi connectivity index (χ3v) is 4.62. The average Bonchev–Trinajstić information content (AvgIpc) is 2.64. The molecule has 0 bridgehead atoms. The molecule has 1 unspecified atom stereocenters. The van der Waals surface area contributed by atoms with Crippen LogP contribution in [0.1, 0.15) is 58.0 Å². The number of nitrogens with one attached hydrogen (secondary N) is 1. The predicted octanol–water partition coefficient (Wildman–Crippen LogP) is 2.70. The highest BCUT2D eigenvalue weighted by Gasteiger charge is 2.33. The number of hydrogen-bond acceptors (Lipinski definition) is 3. The fraction of sp³-hybridized carbons (Fsp3) is 0.722. The van der Waals surface area contributed by atoms with Gasteiger partial charge in [0.05, 0.1) is 18.5 Å². The van der Waals surface area contributed by atoms with E-state index in [0.29, 0.717) is 5.92 Å². The van der Waals surface area contributed by atoms with Crippen molar-refractivity contribution in [2.45, 2.75) is 73.4 Å². The smallest absolute Gasteiger partial charge is 0.305 e. The van der Waals surface area contributed by atoms with Crippen LogP contribution in [0, 0.1) is 25.7 Å². The molecule has 0 radical (unpaired) electrons. The van der Waals surface area contributed by atoms with Gasteiger partial charge in [0.2, 0.25) is 5.91 Å². The van der Waals surface area contributed by atoms with E-state index in [2.05, 4.69) is 24.3 Å². The van der Waals surface area contributed by atoms with Crippen LogP contribution in [-0.2, 0) is 22.6 Å². The molecule has 1 heterocycles. The van der Waals surface area contributed by atoms with E-state index in [-0.39, 0.29) is 24.7 Å². The first-order valence-corrected chi connectivity index (χ1v) is 8.52. The molecule has 24 heavy (non-hydrogen) atoms. The number of carbonyl (C=O) groups is 2. The number of aliphatic carboxylic acids is 1. The Labute approximate surface area is 144 Å². The van der Waals surface area contributed by atoms with E-state index in [1.165, 1.54) is 0 Å². The molecule has 0 saturated carbocycles. The number of rotatable bonds is 8. The van der Waals surface area contributed by atoms with E-state index in [0.717, 1.165) is 23.5 Å². The molecule has 136 valence electrons. The number of amides is 1. The lowest BCUT2D eigenvalue weighted by atomic mass is 9.85. The second-order valence-electron chi connectivity index (χ2n) is 7.59. The highest BCUT2D eigenvalue weighted by Crippen LogP contribution is 2.22. The van der Waals surface area contributed by atoms with Crippen molar-refractivity contribution in [2.24, 2.45) is 11.8 Å². The third-order valence-electron chi connectivity index (χ3n) is 4.62. The summed E-state index contributed by atoms with van der Waals surface area (Å²) in [6.45, 7) is 14.6. The Morgan fingerprint density at radius 2 is 1.83 bits per heavy atom. The minimum absolute atomic E-state index is 0.0170. The van der Waals surface area contributed by atoms with Crippen molar-refractivity contribution < 1.29 is 14.7 Å². The summed E-state index contributed by atoms with van der Waals surface area (Å²) in [6.07, 6.45) is 0.124. The van der Waals surface area contributed by atoms with Gasteiger partial charge in [-0.25, -0.2) is 0 Å². The number of carboxylic acids is 1. The van der Waals surface area contributed by atoms with Crippen molar-refractivity contribution in [1.29, 1.82) is 0 Å². The summed E-state index contributed by atoms with van der Waals surface area (Å²) >= 11 is 0. The summed E-state index contributed by atoms with van der Waals surface area (Å²) in [4.78, 5) is 23.6. The topological polar surface area (TPSA) is 84.2 Å². The van der Waals surface area contributed by atoms with Gasteiger partial charge >= 0.3 is 5.97 Å². The van der Waals surface area contributed by atoms with Gasteiger partial charge in [0.15, 0.2) is 0 Å². The van der Waals surface area contributed by atoms with Crippen LogP contribution in [0.2, 0.25) is 0 Å². The average molecular weight is 337 g/mol. The first-order chi connectivity index (χ1) is 11.0. The van der Waals surface area contributed by atoms with Gasteiger partial charge in [-0.3, -0.25) is 14.3 Å². The van der Waals surface area contributed by atoms with Crippen LogP contribution in [0.4, 0.5) is 0 Å². The Balaban J connectivity index is 2.91. The van der Waals surface area contributed by atoms with E-state index >= 15 is 0 Å². The van der Waals surface area contributed by atoms with Crippen molar-refractivity contribution in [1.82, 2.24) is 15.1 Å². The zero-order chi connectivity index (χ0) is 18.7. The van der Waals surface area contributed by atoms with Gasteiger partial charge in [-0.15, -0.1) is 0 Å². The van der Waals surface area contributed by atoms with Crippen molar-refractivity contribution in [3.63, 3.8) is 0 Å². The predicted molar refractivity (Wildman–Crippen MR) is 93.9 cm³/mol. The van der Waals surface area contributed by atoms with Crippen LogP contribution in [0.25, 0.3) is 0 Å².